The van der Waals surface area contributed by atoms with E-state index in [4.69, 9.17) is 19.3 Å². The number of phosphoric ester groups is 1. The van der Waals surface area contributed by atoms with Crippen molar-refractivity contribution in [3.05, 3.63) is 82.9 Å². The first kappa shape index (κ1) is 34.3. The summed E-state index contributed by atoms with van der Waals surface area (Å²) >= 11 is 0. The first-order chi connectivity index (χ1) is 18.4. The summed E-state index contributed by atoms with van der Waals surface area (Å²) in [6, 6.07) is 17.5. The van der Waals surface area contributed by atoms with Crippen LogP contribution in [0.25, 0.3) is 0 Å². The molecule has 0 aromatic heterocycles. The second-order valence-electron chi connectivity index (χ2n) is 14.5. The van der Waals surface area contributed by atoms with Crippen LogP contribution in [0.4, 0.5) is 0 Å². The van der Waals surface area contributed by atoms with E-state index in [1.807, 2.05) is 36.4 Å². The first-order valence-corrected chi connectivity index (χ1v) is 15.4. The van der Waals surface area contributed by atoms with Crippen molar-refractivity contribution in [3.8, 4) is 23.0 Å². The summed E-state index contributed by atoms with van der Waals surface area (Å²) in [5.74, 6) is 1.19. The summed E-state index contributed by atoms with van der Waals surface area (Å²) in [4.78, 5) is 11.1. The molecule has 0 fully saturated rings. The SMILES string of the molecule is CC(C)(C)c1cccc(C(C)(C)C)c1OP(=O)(O)Oc1c(C(C)(C)C)cccc1C(C)(C)C.Oc1ccc(O)cc1. The fourth-order valence-electron chi connectivity index (χ4n) is 4.34. The van der Waals surface area contributed by atoms with Crippen LogP contribution < -0.4 is 9.05 Å². The predicted octanol–water partition coefficient (Wildman–Crippen LogP) is 9.53. The summed E-state index contributed by atoms with van der Waals surface area (Å²) in [7, 11) is -4.52. The lowest BCUT2D eigenvalue weighted by atomic mass is 9.79. The Kier molecular flexibility index (Phi) is 10.1. The number of rotatable bonds is 4. The molecule has 3 aromatic carbocycles. The number of phosphoric acid groups is 1. The Balaban J connectivity index is 0.000000629. The Labute approximate surface area is 247 Å². The number of hydrogen-bond acceptors (Lipinski definition) is 5. The molecule has 3 N–H and O–H groups in total. The lowest BCUT2D eigenvalue weighted by Crippen LogP contribution is -2.21. The second-order valence-corrected chi connectivity index (χ2v) is 15.8. The van der Waals surface area contributed by atoms with E-state index in [1.165, 1.54) is 24.3 Å². The molecule has 0 aliphatic rings. The van der Waals surface area contributed by atoms with E-state index in [2.05, 4.69) is 83.1 Å². The average molecular weight is 585 g/mol. The highest BCUT2D eigenvalue weighted by atomic mass is 31.2. The molecule has 3 rings (SSSR count). The van der Waals surface area contributed by atoms with Crippen LogP contribution in [0.1, 0.15) is 105 Å². The van der Waals surface area contributed by atoms with Gasteiger partial charge in [-0.25, -0.2) is 4.57 Å². The van der Waals surface area contributed by atoms with Gasteiger partial charge in [-0.15, -0.1) is 0 Å². The smallest absolute Gasteiger partial charge is 0.508 e. The Morgan fingerprint density at radius 3 is 0.902 bits per heavy atom. The molecule has 0 unspecified atom stereocenters. The minimum atomic E-state index is -4.52. The van der Waals surface area contributed by atoms with Crippen LogP contribution in [0, 0.1) is 0 Å². The molecule has 0 heterocycles. The first-order valence-electron chi connectivity index (χ1n) is 13.9. The van der Waals surface area contributed by atoms with Gasteiger partial charge in [-0.05, 0) is 45.9 Å². The molecule has 0 radical (unpaired) electrons. The van der Waals surface area contributed by atoms with Gasteiger partial charge in [0.15, 0.2) is 0 Å². The quantitative estimate of drug-likeness (QED) is 0.209. The number of benzene rings is 3. The van der Waals surface area contributed by atoms with Crippen LogP contribution in [0.3, 0.4) is 0 Å². The number of para-hydroxylation sites is 2. The summed E-state index contributed by atoms with van der Waals surface area (Å²) in [5, 5.41) is 17.3. The van der Waals surface area contributed by atoms with Crippen molar-refractivity contribution in [2.75, 3.05) is 0 Å². The average Bonchev–Trinajstić information content (AvgIpc) is 2.78. The van der Waals surface area contributed by atoms with Crippen LogP contribution >= 0.6 is 7.82 Å². The molecule has 0 saturated heterocycles. The molecule has 6 nitrogen and oxygen atoms in total. The Morgan fingerprint density at radius 1 is 0.488 bits per heavy atom. The maximum Gasteiger partial charge on any atom is 0.584 e. The number of phenols is 2. The Bertz CT molecular complexity index is 1200. The van der Waals surface area contributed by atoms with Crippen LogP contribution in [0.2, 0.25) is 0 Å². The van der Waals surface area contributed by atoms with Gasteiger partial charge in [0.25, 0.3) is 0 Å². The topological polar surface area (TPSA) is 96.2 Å². The molecule has 3 aromatic rings. The third kappa shape index (κ3) is 9.55. The van der Waals surface area contributed by atoms with Crippen molar-refractivity contribution in [1.82, 2.24) is 0 Å². The fourth-order valence-corrected chi connectivity index (χ4v) is 5.23. The van der Waals surface area contributed by atoms with Crippen molar-refractivity contribution in [1.29, 1.82) is 0 Å². The van der Waals surface area contributed by atoms with E-state index in [9.17, 15) is 9.46 Å². The molecule has 7 heteroatoms. The fraction of sp³-hybridized carbons (Fsp3) is 0.471. The summed E-state index contributed by atoms with van der Waals surface area (Å²) < 4.78 is 25.5. The molecular weight excluding hydrogens is 535 g/mol. The van der Waals surface area contributed by atoms with E-state index in [0.717, 1.165) is 22.3 Å². The second kappa shape index (κ2) is 12.1. The highest BCUT2D eigenvalue weighted by molar-refractivity contribution is 7.48. The third-order valence-electron chi connectivity index (χ3n) is 6.53. The molecule has 0 aliphatic carbocycles. The van der Waals surface area contributed by atoms with E-state index in [0.29, 0.717) is 11.5 Å². The molecule has 41 heavy (non-hydrogen) atoms. The highest BCUT2D eigenvalue weighted by Gasteiger charge is 2.36. The predicted molar refractivity (Wildman–Crippen MR) is 169 cm³/mol. The maximum absolute atomic E-state index is 13.6. The Morgan fingerprint density at radius 2 is 0.707 bits per heavy atom. The monoisotopic (exact) mass is 584 g/mol. The normalized spacial score (nSPS) is 12.8. The zero-order chi connectivity index (χ0) is 31.6. The van der Waals surface area contributed by atoms with Crippen LogP contribution in [0.15, 0.2) is 60.7 Å². The molecule has 0 aliphatic heterocycles. The zero-order valence-electron chi connectivity index (χ0n) is 26.8. The van der Waals surface area contributed by atoms with Crippen LogP contribution in [0.5, 0.6) is 23.0 Å². The lowest BCUT2D eigenvalue weighted by molar-refractivity contribution is 0.281. The Hall–Kier alpha value is -2.95. The number of hydrogen-bond donors (Lipinski definition) is 3. The molecule has 226 valence electrons. The number of aromatic hydroxyl groups is 2. The van der Waals surface area contributed by atoms with Crippen molar-refractivity contribution in [2.24, 2.45) is 0 Å². The van der Waals surface area contributed by atoms with E-state index in [1.54, 1.807) is 0 Å². The third-order valence-corrected chi connectivity index (χ3v) is 7.35. The summed E-state index contributed by atoms with van der Waals surface area (Å²) in [6.45, 7) is 24.8. The zero-order valence-corrected chi connectivity index (χ0v) is 27.7. The van der Waals surface area contributed by atoms with Crippen molar-refractivity contribution in [2.45, 2.75) is 105 Å². The molecule has 0 amide bonds. The van der Waals surface area contributed by atoms with Crippen molar-refractivity contribution < 1.29 is 28.7 Å². The van der Waals surface area contributed by atoms with Gasteiger partial charge >= 0.3 is 7.82 Å². The molecular formula is C34H49O6P. The maximum atomic E-state index is 13.6. The molecule has 0 bridgehead atoms. The van der Waals surface area contributed by atoms with Gasteiger partial charge in [-0.1, -0.05) is 119 Å². The summed E-state index contributed by atoms with van der Waals surface area (Å²) in [5.41, 5.74) is 2.35. The van der Waals surface area contributed by atoms with E-state index in [-0.39, 0.29) is 33.2 Å². The van der Waals surface area contributed by atoms with Crippen LogP contribution in [-0.2, 0) is 26.2 Å². The summed E-state index contributed by atoms with van der Waals surface area (Å²) in [6.07, 6.45) is 0. The van der Waals surface area contributed by atoms with E-state index >= 15 is 0 Å². The van der Waals surface area contributed by atoms with Gasteiger partial charge in [0, 0.05) is 22.3 Å². The molecule has 0 saturated carbocycles. The number of phenolic OH excluding ortho intramolecular Hbond substituents is 2. The minimum absolute atomic E-state index is 0.169. The van der Waals surface area contributed by atoms with Gasteiger partial charge in [0.1, 0.15) is 23.0 Å². The minimum Gasteiger partial charge on any atom is -0.508 e. The molecule has 0 atom stereocenters. The van der Waals surface area contributed by atoms with E-state index < -0.39 is 7.82 Å². The van der Waals surface area contributed by atoms with Gasteiger partial charge in [-0.2, -0.15) is 0 Å². The lowest BCUT2D eigenvalue weighted by Gasteiger charge is -2.32. The highest BCUT2D eigenvalue weighted by Crippen LogP contribution is 2.53. The van der Waals surface area contributed by atoms with Crippen molar-refractivity contribution >= 4 is 7.82 Å². The largest absolute Gasteiger partial charge is 0.584 e. The molecule has 0 spiro atoms. The van der Waals surface area contributed by atoms with Gasteiger partial charge in [0.05, 0.1) is 0 Å². The van der Waals surface area contributed by atoms with Gasteiger partial charge in [-0.3, -0.25) is 4.89 Å². The van der Waals surface area contributed by atoms with Gasteiger partial charge < -0.3 is 19.3 Å². The van der Waals surface area contributed by atoms with Crippen molar-refractivity contribution in [3.63, 3.8) is 0 Å². The van der Waals surface area contributed by atoms with Gasteiger partial charge in [0.2, 0.25) is 0 Å². The standard InChI is InChI=1S/C28H43O4P.C6H6O2/c1-25(2,3)19-15-13-16-20(26(4,5)6)23(19)31-33(29,30)32-24-21(27(7,8)9)17-14-18-22(24)28(10,11)12;7-5-1-2-6(8)4-3-5/h13-18H,1-12H3,(H,29,30);1-4,7-8H. The van der Waals surface area contributed by atoms with Crippen LogP contribution in [-0.4, -0.2) is 15.1 Å².